The molecule has 0 aliphatic carbocycles. The normalized spacial score (nSPS) is 15.5. The highest BCUT2D eigenvalue weighted by atomic mass is 35.5. The van der Waals surface area contributed by atoms with Crippen molar-refractivity contribution in [1.29, 1.82) is 0 Å². The zero-order valence-corrected chi connectivity index (χ0v) is 19.8. The number of hydrogen-bond donors (Lipinski definition) is 0. The molecule has 0 N–H and O–H groups in total. The summed E-state index contributed by atoms with van der Waals surface area (Å²) in [5.41, 5.74) is 7.38. The fraction of sp³-hybridized carbons (Fsp3) is 0.280. The monoisotopic (exact) mass is 460 g/mol. The highest BCUT2D eigenvalue weighted by Gasteiger charge is 2.33. The van der Waals surface area contributed by atoms with E-state index >= 15 is 0 Å². The molecule has 1 amide bonds. The lowest BCUT2D eigenvalue weighted by atomic mass is 9.84. The van der Waals surface area contributed by atoms with Crippen LogP contribution >= 0.6 is 11.6 Å². The van der Waals surface area contributed by atoms with Gasteiger partial charge < -0.3 is 4.90 Å². The number of benzene rings is 2. The summed E-state index contributed by atoms with van der Waals surface area (Å²) in [5, 5.41) is 13.5. The molecule has 1 aliphatic rings. The highest BCUT2D eigenvalue weighted by molar-refractivity contribution is 6.32. The van der Waals surface area contributed by atoms with Gasteiger partial charge in [0.2, 0.25) is 0 Å². The first-order valence-corrected chi connectivity index (χ1v) is 11.3. The van der Waals surface area contributed by atoms with Gasteiger partial charge >= 0.3 is 0 Å². The van der Waals surface area contributed by atoms with Gasteiger partial charge in [0, 0.05) is 37.3 Å². The minimum atomic E-state index is -0.136. The molecule has 0 saturated heterocycles. The number of hydrogen-bond acceptors (Lipinski definition) is 4. The lowest BCUT2D eigenvalue weighted by Crippen LogP contribution is -2.39. The van der Waals surface area contributed by atoms with E-state index in [0.717, 1.165) is 22.4 Å². The van der Waals surface area contributed by atoms with Crippen LogP contribution < -0.4 is 0 Å². The maximum absolute atomic E-state index is 13.6. The van der Waals surface area contributed by atoms with Crippen LogP contribution in [0.4, 0.5) is 0 Å². The SMILES string of the molecule is Cc1ccc(-n2nnc(C(=O)N3Cc4ccccc4C(c4cnn(C)c4C)C3)c2C)c(Cl)c1. The van der Waals surface area contributed by atoms with E-state index in [-0.39, 0.29) is 11.8 Å². The van der Waals surface area contributed by atoms with Crippen molar-refractivity contribution in [2.24, 2.45) is 7.05 Å². The Morgan fingerprint density at radius 2 is 1.85 bits per heavy atom. The number of aryl methyl sites for hydroxylation is 2. The van der Waals surface area contributed by atoms with Crippen LogP contribution in [0.2, 0.25) is 5.02 Å². The van der Waals surface area contributed by atoms with Crippen molar-refractivity contribution < 1.29 is 4.79 Å². The van der Waals surface area contributed by atoms with Crippen LogP contribution in [-0.4, -0.2) is 42.1 Å². The zero-order valence-electron chi connectivity index (χ0n) is 19.1. The van der Waals surface area contributed by atoms with Gasteiger partial charge in [-0.25, -0.2) is 4.68 Å². The van der Waals surface area contributed by atoms with Crippen molar-refractivity contribution in [3.63, 3.8) is 0 Å². The predicted octanol–water partition coefficient (Wildman–Crippen LogP) is 4.37. The number of carbonyl (C=O) groups is 1. The van der Waals surface area contributed by atoms with E-state index in [2.05, 4.69) is 40.5 Å². The Morgan fingerprint density at radius 1 is 1.06 bits per heavy atom. The molecule has 1 unspecified atom stereocenters. The van der Waals surface area contributed by atoms with Crippen LogP contribution in [0, 0.1) is 20.8 Å². The standard InChI is InChI=1S/C25H25ClN6O/c1-15-9-10-23(22(26)11-15)32-17(3)24(28-29-32)25(33)31-13-18-7-5-6-8-19(18)21(14-31)20-12-27-30(4)16(20)2/h5-12,21H,13-14H2,1-4H3. The third kappa shape index (κ3) is 3.62. The van der Waals surface area contributed by atoms with Crippen molar-refractivity contribution in [2.75, 3.05) is 6.54 Å². The topological polar surface area (TPSA) is 68.8 Å². The van der Waals surface area contributed by atoms with Gasteiger partial charge in [0.25, 0.3) is 5.91 Å². The third-order valence-electron chi connectivity index (χ3n) is 6.56. The Balaban J connectivity index is 1.51. The van der Waals surface area contributed by atoms with Crippen LogP contribution in [0.5, 0.6) is 0 Å². The lowest BCUT2D eigenvalue weighted by Gasteiger charge is -2.34. The maximum Gasteiger partial charge on any atom is 0.276 e. The summed E-state index contributed by atoms with van der Waals surface area (Å²) in [5.74, 6) is -0.0856. The van der Waals surface area contributed by atoms with Crippen molar-refractivity contribution in [2.45, 2.75) is 33.2 Å². The van der Waals surface area contributed by atoms with E-state index in [0.29, 0.717) is 35.2 Å². The Labute approximate surface area is 197 Å². The first-order chi connectivity index (χ1) is 15.8. The van der Waals surface area contributed by atoms with Gasteiger partial charge in [-0.05, 0) is 49.6 Å². The van der Waals surface area contributed by atoms with Crippen LogP contribution in [0.15, 0.2) is 48.7 Å². The molecule has 0 radical (unpaired) electrons. The average molecular weight is 461 g/mol. The van der Waals surface area contributed by atoms with E-state index in [1.165, 1.54) is 5.56 Å². The Morgan fingerprint density at radius 3 is 2.58 bits per heavy atom. The molecular formula is C25H25ClN6O. The Hall–Kier alpha value is -3.45. The third-order valence-corrected chi connectivity index (χ3v) is 6.86. The second-order valence-electron chi connectivity index (χ2n) is 8.64. The van der Waals surface area contributed by atoms with Crippen LogP contribution in [0.25, 0.3) is 5.69 Å². The second-order valence-corrected chi connectivity index (χ2v) is 9.04. The molecule has 1 atom stereocenters. The van der Waals surface area contributed by atoms with Gasteiger partial charge in [-0.2, -0.15) is 5.10 Å². The van der Waals surface area contributed by atoms with Crippen molar-refractivity contribution in [3.8, 4) is 5.69 Å². The minimum absolute atomic E-state index is 0.0505. The summed E-state index contributed by atoms with van der Waals surface area (Å²) in [6.45, 7) is 6.98. The molecule has 7 nitrogen and oxygen atoms in total. The average Bonchev–Trinajstić information content (AvgIpc) is 3.34. The van der Waals surface area contributed by atoms with Gasteiger partial charge in [0.05, 0.1) is 22.6 Å². The zero-order chi connectivity index (χ0) is 23.3. The number of rotatable bonds is 3. The molecule has 3 heterocycles. The second kappa shape index (κ2) is 8.15. The summed E-state index contributed by atoms with van der Waals surface area (Å²) >= 11 is 6.44. The predicted molar refractivity (Wildman–Crippen MR) is 127 cm³/mol. The summed E-state index contributed by atoms with van der Waals surface area (Å²) in [4.78, 5) is 15.5. The molecule has 1 aliphatic heterocycles. The molecule has 0 saturated carbocycles. The molecule has 0 spiro atoms. The van der Waals surface area contributed by atoms with Crippen LogP contribution in [-0.2, 0) is 13.6 Å². The molecule has 8 heteroatoms. The smallest absolute Gasteiger partial charge is 0.276 e. The quantitative estimate of drug-likeness (QED) is 0.455. The van der Waals surface area contributed by atoms with Crippen molar-refractivity contribution in [1.82, 2.24) is 29.7 Å². The number of fused-ring (bicyclic) bond motifs is 1. The number of carbonyl (C=O) groups excluding carboxylic acids is 1. The maximum atomic E-state index is 13.6. The van der Waals surface area contributed by atoms with Crippen molar-refractivity contribution >= 4 is 17.5 Å². The fourth-order valence-corrected chi connectivity index (χ4v) is 4.89. The van der Waals surface area contributed by atoms with E-state index in [1.54, 1.807) is 4.68 Å². The highest BCUT2D eigenvalue weighted by Crippen LogP contribution is 2.35. The summed E-state index contributed by atoms with van der Waals surface area (Å²) in [7, 11) is 1.94. The molecular weight excluding hydrogens is 436 g/mol. The van der Waals surface area contributed by atoms with E-state index in [1.807, 2.05) is 60.9 Å². The summed E-state index contributed by atoms with van der Waals surface area (Å²) < 4.78 is 3.51. The largest absolute Gasteiger partial charge is 0.332 e. The lowest BCUT2D eigenvalue weighted by molar-refractivity contribution is 0.0718. The molecule has 4 aromatic rings. The minimum Gasteiger partial charge on any atom is -0.332 e. The summed E-state index contributed by atoms with van der Waals surface area (Å²) in [6.07, 6.45) is 1.91. The molecule has 33 heavy (non-hydrogen) atoms. The van der Waals surface area contributed by atoms with E-state index in [9.17, 15) is 4.79 Å². The number of amides is 1. The molecule has 2 aromatic carbocycles. The molecule has 2 aromatic heterocycles. The van der Waals surface area contributed by atoms with Gasteiger partial charge in [0.15, 0.2) is 5.69 Å². The molecule has 0 fully saturated rings. The van der Waals surface area contributed by atoms with E-state index < -0.39 is 0 Å². The fourth-order valence-electron chi connectivity index (χ4n) is 4.57. The van der Waals surface area contributed by atoms with Gasteiger partial charge in [-0.1, -0.05) is 47.1 Å². The molecule has 0 bridgehead atoms. The van der Waals surface area contributed by atoms with Crippen LogP contribution in [0.3, 0.4) is 0 Å². The van der Waals surface area contributed by atoms with E-state index in [4.69, 9.17) is 11.6 Å². The Bertz CT molecular complexity index is 1370. The number of halogens is 1. The van der Waals surface area contributed by atoms with Gasteiger partial charge in [-0.15, -0.1) is 5.10 Å². The van der Waals surface area contributed by atoms with Gasteiger partial charge in [-0.3, -0.25) is 9.48 Å². The Kier molecular flexibility index (Phi) is 5.29. The molecule has 5 rings (SSSR count). The van der Waals surface area contributed by atoms with Crippen LogP contribution in [0.1, 0.15) is 50.0 Å². The number of aromatic nitrogens is 5. The first kappa shape index (κ1) is 21.4. The first-order valence-electron chi connectivity index (χ1n) is 10.9. The van der Waals surface area contributed by atoms with Crippen molar-refractivity contribution in [3.05, 3.63) is 93.0 Å². The molecule has 168 valence electrons. The number of nitrogens with zero attached hydrogens (tertiary/aromatic N) is 6. The van der Waals surface area contributed by atoms with Gasteiger partial charge in [0.1, 0.15) is 0 Å². The summed E-state index contributed by atoms with van der Waals surface area (Å²) in [6, 6.07) is 14.0.